The monoisotopic (exact) mass is 248 g/mol. The van der Waals surface area contributed by atoms with Crippen molar-refractivity contribution in [2.75, 3.05) is 0 Å². The number of hydrogen-bond donors (Lipinski definition) is 1. The van der Waals surface area contributed by atoms with Gasteiger partial charge in [0.05, 0.1) is 10.5 Å². The summed E-state index contributed by atoms with van der Waals surface area (Å²) >= 11 is 0. The second-order valence-electron chi connectivity index (χ2n) is 4.14. The smallest absolute Gasteiger partial charge is 0.286 e. The molecule has 0 aliphatic carbocycles. The third-order valence-electron chi connectivity index (χ3n) is 2.94. The first kappa shape index (κ1) is 12.2. The van der Waals surface area contributed by atoms with Crippen molar-refractivity contribution in [3.63, 3.8) is 0 Å². The quantitative estimate of drug-likeness (QED) is 0.500. The van der Waals surface area contributed by atoms with Crippen LogP contribution >= 0.6 is 0 Å². The van der Waals surface area contributed by atoms with Gasteiger partial charge in [0.15, 0.2) is 0 Å². The molecule has 0 fully saturated rings. The minimum atomic E-state index is -0.681. The third-order valence-corrected chi connectivity index (χ3v) is 2.94. The molecule has 0 radical (unpaired) electrons. The summed E-state index contributed by atoms with van der Waals surface area (Å²) in [5.41, 5.74) is 0.264. The first-order valence-electron chi connectivity index (χ1n) is 5.72. The Morgan fingerprint density at radius 3 is 2.61 bits per heavy atom. The van der Waals surface area contributed by atoms with E-state index in [4.69, 9.17) is 0 Å². The van der Waals surface area contributed by atoms with E-state index in [0.717, 1.165) is 12.8 Å². The number of aryl methyl sites for hydroxylation is 1. The Morgan fingerprint density at radius 1 is 1.28 bits per heavy atom. The second-order valence-corrected chi connectivity index (χ2v) is 4.14. The van der Waals surface area contributed by atoms with E-state index in [-0.39, 0.29) is 16.8 Å². The number of amides is 2. The van der Waals surface area contributed by atoms with E-state index < -0.39 is 16.7 Å². The van der Waals surface area contributed by atoms with Crippen LogP contribution in [0.4, 0.5) is 5.69 Å². The first-order chi connectivity index (χ1) is 8.56. The lowest BCUT2D eigenvalue weighted by Crippen LogP contribution is -2.20. The standard InChI is InChI=1S/C12H12N2O4/c1-2-3-4-7-5-6-8-9(10(7)14(17)18)12(16)13-11(8)15/h5-6H,2-4H2,1H3,(H,13,15,16). The average Bonchev–Trinajstić information content (AvgIpc) is 2.61. The van der Waals surface area contributed by atoms with Crippen molar-refractivity contribution in [1.82, 2.24) is 5.32 Å². The number of carbonyl (C=O) groups is 2. The topological polar surface area (TPSA) is 89.3 Å². The molecule has 0 spiro atoms. The Morgan fingerprint density at radius 2 is 2.00 bits per heavy atom. The zero-order chi connectivity index (χ0) is 13.3. The fourth-order valence-electron chi connectivity index (χ4n) is 2.06. The highest BCUT2D eigenvalue weighted by molar-refractivity contribution is 6.23. The molecule has 1 aliphatic rings. The van der Waals surface area contributed by atoms with E-state index in [1.54, 1.807) is 6.07 Å². The number of imide groups is 1. The van der Waals surface area contributed by atoms with Crippen LogP contribution in [0.1, 0.15) is 46.0 Å². The van der Waals surface area contributed by atoms with Crippen molar-refractivity contribution in [3.8, 4) is 0 Å². The van der Waals surface area contributed by atoms with Crippen LogP contribution in [-0.4, -0.2) is 16.7 Å². The largest absolute Gasteiger partial charge is 0.288 e. The summed E-state index contributed by atoms with van der Waals surface area (Å²) in [7, 11) is 0. The molecule has 94 valence electrons. The molecule has 0 unspecified atom stereocenters. The number of nitro benzene ring substituents is 1. The molecular weight excluding hydrogens is 236 g/mol. The average molecular weight is 248 g/mol. The Bertz CT molecular complexity index is 551. The van der Waals surface area contributed by atoms with Crippen molar-refractivity contribution < 1.29 is 14.5 Å². The molecule has 1 heterocycles. The van der Waals surface area contributed by atoms with Crippen LogP contribution in [0.5, 0.6) is 0 Å². The fourth-order valence-corrected chi connectivity index (χ4v) is 2.06. The van der Waals surface area contributed by atoms with E-state index in [9.17, 15) is 19.7 Å². The van der Waals surface area contributed by atoms with Crippen LogP contribution in [0.3, 0.4) is 0 Å². The van der Waals surface area contributed by atoms with Gasteiger partial charge in [-0.2, -0.15) is 0 Å². The molecule has 18 heavy (non-hydrogen) atoms. The molecule has 0 saturated heterocycles. The summed E-state index contributed by atoms with van der Waals surface area (Å²) in [6, 6.07) is 3.04. The predicted molar refractivity (Wildman–Crippen MR) is 63.5 cm³/mol. The Labute approximate surface area is 103 Å². The maximum atomic E-state index is 11.6. The first-order valence-corrected chi connectivity index (χ1v) is 5.72. The number of hydrogen-bond acceptors (Lipinski definition) is 4. The second kappa shape index (κ2) is 4.56. The van der Waals surface area contributed by atoms with Crippen LogP contribution in [0.2, 0.25) is 0 Å². The summed E-state index contributed by atoms with van der Waals surface area (Å²) in [5, 5.41) is 13.2. The molecule has 6 heteroatoms. The molecule has 6 nitrogen and oxygen atoms in total. The van der Waals surface area contributed by atoms with Crippen molar-refractivity contribution in [2.45, 2.75) is 26.2 Å². The molecule has 2 amide bonds. The summed E-state index contributed by atoms with van der Waals surface area (Å²) < 4.78 is 0. The number of nitrogens with zero attached hydrogens (tertiary/aromatic N) is 1. The molecule has 0 atom stereocenters. The number of nitrogens with one attached hydrogen (secondary N) is 1. The van der Waals surface area contributed by atoms with E-state index >= 15 is 0 Å². The fraction of sp³-hybridized carbons (Fsp3) is 0.333. The normalized spacial score (nSPS) is 13.4. The summed E-state index contributed by atoms with van der Waals surface area (Å²) in [6.07, 6.45) is 2.23. The molecule has 0 saturated carbocycles. The van der Waals surface area contributed by atoms with Gasteiger partial charge in [-0.1, -0.05) is 19.4 Å². The van der Waals surface area contributed by atoms with Gasteiger partial charge in [-0.05, 0) is 18.9 Å². The van der Waals surface area contributed by atoms with E-state index in [1.807, 2.05) is 6.92 Å². The van der Waals surface area contributed by atoms with Gasteiger partial charge in [0.1, 0.15) is 5.56 Å². The van der Waals surface area contributed by atoms with Crippen molar-refractivity contribution in [3.05, 3.63) is 38.9 Å². The number of carbonyl (C=O) groups excluding carboxylic acids is 2. The zero-order valence-corrected chi connectivity index (χ0v) is 9.86. The highest BCUT2D eigenvalue weighted by Crippen LogP contribution is 2.31. The van der Waals surface area contributed by atoms with Gasteiger partial charge in [0, 0.05) is 5.56 Å². The van der Waals surface area contributed by atoms with E-state index in [2.05, 4.69) is 5.32 Å². The number of rotatable bonds is 4. The third kappa shape index (κ3) is 1.85. The maximum Gasteiger partial charge on any atom is 0.286 e. The van der Waals surface area contributed by atoms with Gasteiger partial charge < -0.3 is 0 Å². The van der Waals surface area contributed by atoms with Crippen LogP contribution < -0.4 is 5.32 Å². The van der Waals surface area contributed by atoms with Gasteiger partial charge in [-0.25, -0.2) is 0 Å². The van der Waals surface area contributed by atoms with Crippen LogP contribution in [0.25, 0.3) is 0 Å². The SMILES string of the molecule is CCCCc1ccc2c(c1[N+](=O)[O-])C(=O)NC2=O. The van der Waals surface area contributed by atoms with Gasteiger partial charge in [0.25, 0.3) is 17.5 Å². The van der Waals surface area contributed by atoms with E-state index in [1.165, 1.54) is 6.07 Å². The summed E-state index contributed by atoms with van der Waals surface area (Å²) in [4.78, 5) is 33.5. The summed E-state index contributed by atoms with van der Waals surface area (Å²) in [5.74, 6) is -1.25. The number of benzene rings is 1. The molecule has 0 aromatic heterocycles. The predicted octanol–water partition coefficient (Wildman–Crippen LogP) is 1.82. The van der Waals surface area contributed by atoms with Crippen molar-refractivity contribution >= 4 is 17.5 Å². The highest BCUT2D eigenvalue weighted by Gasteiger charge is 2.36. The zero-order valence-electron chi connectivity index (χ0n) is 9.86. The minimum absolute atomic E-state index is 0.0898. The van der Waals surface area contributed by atoms with Gasteiger partial charge in [-0.15, -0.1) is 0 Å². The molecule has 1 N–H and O–H groups in total. The van der Waals surface area contributed by atoms with Crippen LogP contribution in [-0.2, 0) is 6.42 Å². The van der Waals surface area contributed by atoms with Gasteiger partial charge >= 0.3 is 0 Å². The van der Waals surface area contributed by atoms with Crippen molar-refractivity contribution in [1.29, 1.82) is 0 Å². The van der Waals surface area contributed by atoms with Crippen LogP contribution in [0, 0.1) is 10.1 Å². The maximum absolute atomic E-state index is 11.6. The van der Waals surface area contributed by atoms with Crippen LogP contribution in [0.15, 0.2) is 12.1 Å². The lowest BCUT2D eigenvalue weighted by molar-refractivity contribution is -0.385. The van der Waals surface area contributed by atoms with Gasteiger partial charge in [-0.3, -0.25) is 25.0 Å². The Hall–Kier alpha value is -2.24. The Kier molecular flexibility index (Phi) is 3.10. The van der Waals surface area contributed by atoms with Crippen molar-refractivity contribution in [2.24, 2.45) is 0 Å². The highest BCUT2D eigenvalue weighted by atomic mass is 16.6. The Balaban J connectivity index is 2.59. The number of unbranched alkanes of at least 4 members (excludes halogenated alkanes) is 1. The lowest BCUT2D eigenvalue weighted by atomic mass is 9.99. The van der Waals surface area contributed by atoms with E-state index in [0.29, 0.717) is 12.0 Å². The molecule has 1 aromatic rings. The molecule has 2 rings (SSSR count). The molecule has 1 aliphatic heterocycles. The lowest BCUT2D eigenvalue weighted by Gasteiger charge is -2.04. The number of nitro groups is 1. The minimum Gasteiger partial charge on any atom is -0.288 e. The molecule has 0 bridgehead atoms. The molecule has 1 aromatic carbocycles. The summed E-state index contributed by atoms with van der Waals surface area (Å²) in [6.45, 7) is 1.98. The van der Waals surface area contributed by atoms with Gasteiger partial charge in [0.2, 0.25) is 0 Å². The molecular formula is C12H12N2O4. The number of fused-ring (bicyclic) bond motifs is 1.